The molecule has 0 bridgehead atoms. The summed E-state index contributed by atoms with van der Waals surface area (Å²) in [6.07, 6.45) is 0. The molecule has 0 saturated heterocycles. The van der Waals surface area contributed by atoms with E-state index >= 15 is 0 Å². The summed E-state index contributed by atoms with van der Waals surface area (Å²) >= 11 is 0. The largest absolute Gasteiger partial charge is 0.481 e. The lowest BCUT2D eigenvalue weighted by molar-refractivity contribution is -0.133. The van der Waals surface area contributed by atoms with Crippen LogP contribution in [0.1, 0.15) is 6.92 Å². The molecule has 0 aromatic rings. The van der Waals surface area contributed by atoms with Gasteiger partial charge >= 0.3 is 5.97 Å². The number of carboxylic acid groups (broad SMARTS) is 1. The van der Waals surface area contributed by atoms with Gasteiger partial charge in [0, 0.05) is 16.6 Å². The molecule has 0 aliphatic carbocycles. The molecule has 0 unspecified atom stereocenters. The summed E-state index contributed by atoms with van der Waals surface area (Å²) < 4.78 is 10.4. The van der Waals surface area contributed by atoms with Crippen molar-refractivity contribution in [1.82, 2.24) is 0 Å². The second kappa shape index (κ2) is 3.60. The number of aliphatic carboxylic acids is 1. The molecule has 48 valence electrons. The Balaban J connectivity index is 3.40. The third-order valence-corrected chi connectivity index (χ3v) is 1.82. The number of carboxylic acids is 1. The van der Waals surface area contributed by atoms with E-state index in [2.05, 4.69) is 0 Å². The quantitative estimate of drug-likeness (QED) is 0.586. The first-order chi connectivity index (χ1) is 3.66. The van der Waals surface area contributed by atoms with Gasteiger partial charge in [-0.1, -0.05) is 6.92 Å². The Morgan fingerprint density at radius 1 is 1.75 bits per heavy atom. The maximum atomic E-state index is 10.4. The van der Waals surface area contributed by atoms with Crippen LogP contribution in [0, 0.1) is 0 Å². The number of hydrogen-bond donors (Lipinski definition) is 1. The Kier molecular flexibility index (Phi) is 3.43. The minimum absolute atomic E-state index is 0.226. The van der Waals surface area contributed by atoms with E-state index in [0.29, 0.717) is 5.75 Å². The van der Waals surface area contributed by atoms with Crippen molar-refractivity contribution >= 4 is 16.8 Å². The predicted octanol–water partition coefficient (Wildman–Crippen LogP) is -0.160. The van der Waals surface area contributed by atoms with E-state index in [1.807, 2.05) is 0 Å². The highest BCUT2D eigenvalue weighted by molar-refractivity contribution is 7.85. The molecule has 0 fully saturated rings. The Morgan fingerprint density at radius 3 is 2.38 bits per heavy atom. The van der Waals surface area contributed by atoms with Crippen molar-refractivity contribution in [3.05, 3.63) is 0 Å². The molecule has 0 aromatic heterocycles. The SMILES string of the molecule is CC[S@@](=O)CC(=O)O. The van der Waals surface area contributed by atoms with E-state index in [4.69, 9.17) is 5.11 Å². The Labute approximate surface area is 50.2 Å². The molecule has 0 amide bonds. The third-order valence-electron chi connectivity index (χ3n) is 0.606. The van der Waals surface area contributed by atoms with Gasteiger partial charge in [-0.2, -0.15) is 0 Å². The van der Waals surface area contributed by atoms with Crippen LogP contribution in [-0.2, 0) is 15.6 Å². The first-order valence-electron chi connectivity index (χ1n) is 2.23. The van der Waals surface area contributed by atoms with Crippen molar-refractivity contribution in [2.24, 2.45) is 0 Å². The van der Waals surface area contributed by atoms with Crippen LogP contribution in [0.5, 0.6) is 0 Å². The van der Waals surface area contributed by atoms with Crippen LogP contribution in [0.4, 0.5) is 0 Å². The highest BCUT2D eigenvalue weighted by atomic mass is 32.2. The lowest BCUT2D eigenvalue weighted by Gasteiger charge is -1.88. The lowest BCUT2D eigenvalue weighted by Crippen LogP contribution is -2.09. The zero-order valence-electron chi connectivity index (χ0n) is 4.59. The predicted molar refractivity (Wildman–Crippen MR) is 31.2 cm³/mol. The fourth-order valence-corrected chi connectivity index (χ4v) is 0.719. The molecule has 3 nitrogen and oxygen atoms in total. The standard InChI is InChI=1S/C4H8O3S/c1-2-8(7)3-4(5)6/h2-3H2,1H3,(H,5,6)/t8-/m1/s1. The molecule has 0 spiro atoms. The fraction of sp³-hybridized carbons (Fsp3) is 0.750. The van der Waals surface area contributed by atoms with Crippen molar-refractivity contribution < 1.29 is 14.1 Å². The van der Waals surface area contributed by atoms with Crippen molar-refractivity contribution in [3.8, 4) is 0 Å². The van der Waals surface area contributed by atoms with E-state index in [1.54, 1.807) is 6.92 Å². The summed E-state index contributed by atoms with van der Waals surface area (Å²) in [5, 5.41) is 8.02. The van der Waals surface area contributed by atoms with Gasteiger partial charge in [0.1, 0.15) is 5.75 Å². The van der Waals surface area contributed by atoms with E-state index in [9.17, 15) is 9.00 Å². The maximum absolute atomic E-state index is 10.4. The van der Waals surface area contributed by atoms with Crippen LogP contribution in [0.2, 0.25) is 0 Å². The van der Waals surface area contributed by atoms with Crippen molar-refractivity contribution in [2.45, 2.75) is 6.92 Å². The molecule has 0 aliphatic heterocycles. The third kappa shape index (κ3) is 3.80. The maximum Gasteiger partial charge on any atom is 0.316 e. The smallest absolute Gasteiger partial charge is 0.316 e. The average molecular weight is 136 g/mol. The summed E-state index contributed by atoms with van der Waals surface area (Å²) in [4.78, 5) is 9.78. The van der Waals surface area contributed by atoms with E-state index in [1.165, 1.54) is 0 Å². The summed E-state index contributed by atoms with van der Waals surface area (Å²) in [7, 11) is -1.16. The molecule has 1 atom stereocenters. The van der Waals surface area contributed by atoms with Gasteiger partial charge in [0.15, 0.2) is 0 Å². The summed E-state index contributed by atoms with van der Waals surface area (Å²) in [5.74, 6) is -0.798. The highest BCUT2D eigenvalue weighted by Crippen LogP contribution is 1.78. The summed E-state index contributed by atoms with van der Waals surface area (Å²) in [6.45, 7) is 1.69. The topological polar surface area (TPSA) is 54.4 Å². The van der Waals surface area contributed by atoms with Gasteiger partial charge in [0.05, 0.1) is 0 Å². The van der Waals surface area contributed by atoms with Crippen molar-refractivity contribution in [3.63, 3.8) is 0 Å². The highest BCUT2D eigenvalue weighted by Gasteiger charge is 2.00. The molecule has 0 aromatic carbocycles. The zero-order chi connectivity index (χ0) is 6.57. The number of rotatable bonds is 3. The summed E-state index contributed by atoms with van der Waals surface area (Å²) in [6, 6.07) is 0. The zero-order valence-corrected chi connectivity index (χ0v) is 5.40. The van der Waals surface area contributed by atoms with Gasteiger partial charge < -0.3 is 5.11 Å². The second-order valence-electron chi connectivity index (χ2n) is 1.27. The molecular weight excluding hydrogens is 128 g/mol. The molecule has 0 saturated carbocycles. The minimum Gasteiger partial charge on any atom is -0.481 e. The van der Waals surface area contributed by atoms with Gasteiger partial charge in [-0.3, -0.25) is 9.00 Å². The number of hydrogen-bond acceptors (Lipinski definition) is 2. The molecule has 0 rings (SSSR count). The molecular formula is C4H8O3S. The van der Waals surface area contributed by atoms with E-state index < -0.39 is 16.8 Å². The average Bonchev–Trinajstić information content (AvgIpc) is 1.65. The van der Waals surface area contributed by atoms with Crippen molar-refractivity contribution in [2.75, 3.05) is 11.5 Å². The van der Waals surface area contributed by atoms with Crippen molar-refractivity contribution in [1.29, 1.82) is 0 Å². The molecule has 8 heavy (non-hydrogen) atoms. The Morgan fingerprint density at radius 2 is 2.25 bits per heavy atom. The first kappa shape index (κ1) is 7.62. The molecule has 1 N–H and O–H groups in total. The molecule has 0 heterocycles. The van der Waals surface area contributed by atoms with Crippen LogP contribution in [-0.4, -0.2) is 26.8 Å². The van der Waals surface area contributed by atoms with Crippen LogP contribution in [0.15, 0.2) is 0 Å². The number of carbonyl (C=O) groups is 1. The molecule has 0 radical (unpaired) electrons. The van der Waals surface area contributed by atoms with E-state index in [0.717, 1.165) is 0 Å². The van der Waals surface area contributed by atoms with Gasteiger partial charge in [-0.15, -0.1) is 0 Å². The van der Waals surface area contributed by atoms with Crippen LogP contribution >= 0.6 is 0 Å². The van der Waals surface area contributed by atoms with Gasteiger partial charge in [0.25, 0.3) is 0 Å². The Hall–Kier alpha value is -0.380. The monoisotopic (exact) mass is 136 g/mol. The molecule has 0 aliphatic rings. The molecule has 4 heteroatoms. The fourth-order valence-electron chi connectivity index (χ4n) is 0.240. The minimum atomic E-state index is -1.16. The van der Waals surface area contributed by atoms with Crippen LogP contribution < -0.4 is 0 Å². The Bertz CT molecular complexity index is 110. The van der Waals surface area contributed by atoms with E-state index in [-0.39, 0.29) is 5.75 Å². The summed E-state index contributed by atoms with van der Waals surface area (Å²) in [5.41, 5.74) is 0. The normalized spacial score (nSPS) is 13.1. The van der Waals surface area contributed by atoms with Gasteiger partial charge in [-0.25, -0.2) is 0 Å². The van der Waals surface area contributed by atoms with Gasteiger partial charge in [0.2, 0.25) is 0 Å². The van der Waals surface area contributed by atoms with Gasteiger partial charge in [-0.05, 0) is 0 Å². The first-order valence-corrected chi connectivity index (χ1v) is 3.72. The van der Waals surface area contributed by atoms with Crippen LogP contribution in [0.3, 0.4) is 0 Å². The van der Waals surface area contributed by atoms with Crippen LogP contribution in [0.25, 0.3) is 0 Å². The lowest BCUT2D eigenvalue weighted by atomic mass is 10.8. The second-order valence-corrected chi connectivity index (χ2v) is 3.01.